The number of rotatable bonds is 0. The Morgan fingerprint density at radius 1 is 1.46 bits per heavy atom. The van der Waals surface area contributed by atoms with E-state index in [1.807, 2.05) is 6.92 Å². The molecule has 0 fully saturated rings. The second-order valence-electron chi connectivity index (χ2n) is 2.86. The number of aromatic nitrogens is 1. The minimum atomic E-state index is -0.236. The van der Waals surface area contributed by atoms with Crippen molar-refractivity contribution in [3.8, 4) is 0 Å². The Morgan fingerprint density at radius 2 is 2.23 bits per heavy atom. The number of pyridine rings is 1. The van der Waals surface area contributed by atoms with Gasteiger partial charge in [-0.15, -0.1) is 0 Å². The Morgan fingerprint density at radius 3 is 3.00 bits per heavy atom. The average molecular weight is 240 g/mol. The van der Waals surface area contributed by atoms with E-state index in [0.29, 0.717) is 5.39 Å². The van der Waals surface area contributed by atoms with Gasteiger partial charge in [-0.05, 0) is 30.7 Å². The molecule has 0 N–H and O–H groups in total. The molecular weight excluding hydrogens is 233 g/mol. The predicted molar refractivity (Wildman–Crippen MR) is 54.1 cm³/mol. The van der Waals surface area contributed by atoms with Crippen molar-refractivity contribution in [2.45, 2.75) is 6.92 Å². The number of hydrogen-bond donors (Lipinski definition) is 0. The molecule has 0 aliphatic carbocycles. The lowest BCUT2D eigenvalue weighted by Gasteiger charge is -2.03. The van der Waals surface area contributed by atoms with Crippen LogP contribution in [0.1, 0.15) is 5.56 Å². The predicted octanol–water partition coefficient (Wildman–Crippen LogP) is 3.44. The average Bonchev–Trinajstić information content (AvgIpc) is 2.15. The molecular formula is C10H7BrFN. The molecule has 0 saturated carbocycles. The largest absolute Gasteiger partial charge is 0.256 e. The fraction of sp³-hybridized carbons (Fsp3) is 0.100. The first kappa shape index (κ1) is 8.63. The third-order valence-corrected chi connectivity index (χ3v) is 2.86. The van der Waals surface area contributed by atoms with Gasteiger partial charge in [-0.3, -0.25) is 4.98 Å². The maximum Gasteiger partial charge on any atom is 0.133 e. The first-order valence-electron chi connectivity index (χ1n) is 3.89. The summed E-state index contributed by atoms with van der Waals surface area (Å²) in [5.74, 6) is -0.236. The molecule has 13 heavy (non-hydrogen) atoms. The van der Waals surface area contributed by atoms with Crippen molar-refractivity contribution in [2.24, 2.45) is 0 Å². The summed E-state index contributed by atoms with van der Waals surface area (Å²) >= 11 is 3.29. The van der Waals surface area contributed by atoms with Crippen molar-refractivity contribution in [1.29, 1.82) is 0 Å². The highest BCUT2D eigenvalue weighted by Crippen LogP contribution is 2.26. The van der Waals surface area contributed by atoms with Crippen LogP contribution in [0.5, 0.6) is 0 Å². The molecule has 1 aromatic heterocycles. The van der Waals surface area contributed by atoms with Crippen molar-refractivity contribution in [3.63, 3.8) is 0 Å². The molecule has 1 heterocycles. The lowest BCUT2D eigenvalue weighted by atomic mass is 10.1. The number of aryl methyl sites for hydroxylation is 1. The fourth-order valence-electron chi connectivity index (χ4n) is 1.31. The maximum absolute atomic E-state index is 13.4. The topological polar surface area (TPSA) is 12.9 Å². The summed E-state index contributed by atoms with van der Waals surface area (Å²) in [6, 6.07) is 4.94. The van der Waals surface area contributed by atoms with Gasteiger partial charge in [0.05, 0.1) is 5.52 Å². The van der Waals surface area contributed by atoms with Gasteiger partial charge in [0.25, 0.3) is 0 Å². The molecule has 1 aromatic carbocycles. The Kier molecular flexibility index (Phi) is 2.04. The standard InChI is InChI=1S/C10H7BrFN/c1-6-8(11)5-9(12)7-3-2-4-13-10(6)7/h2-5H,1H3. The zero-order valence-electron chi connectivity index (χ0n) is 7.01. The van der Waals surface area contributed by atoms with Crippen LogP contribution in [0.4, 0.5) is 4.39 Å². The molecule has 0 aliphatic rings. The van der Waals surface area contributed by atoms with E-state index in [4.69, 9.17) is 0 Å². The van der Waals surface area contributed by atoms with Crippen LogP contribution < -0.4 is 0 Å². The quantitative estimate of drug-likeness (QED) is 0.687. The summed E-state index contributed by atoms with van der Waals surface area (Å²) in [4.78, 5) is 4.13. The van der Waals surface area contributed by atoms with Gasteiger partial charge in [0.15, 0.2) is 0 Å². The van der Waals surface area contributed by atoms with E-state index in [0.717, 1.165) is 15.6 Å². The van der Waals surface area contributed by atoms with Gasteiger partial charge < -0.3 is 0 Å². The van der Waals surface area contributed by atoms with Crippen LogP contribution in [0.15, 0.2) is 28.9 Å². The minimum Gasteiger partial charge on any atom is -0.256 e. The van der Waals surface area contributed by atoms with E-state index in [1.165, 1.54) is 6.07 Å². The Labute approximate surface area is 83.7 Å². The van der Waals surface area contributed by atoms with Crippen LogP contribution in [0.2, 0.25) is 0 Å². The second-order valence-corrected chi connectivity index (χ2v) is 3.72. The maximum atomic E-state index is 13.4. The lowest BCUT2D eigenvalue weighted by Crippen LogP contribution is -1.88. The van der Waals surface area contributed by atoms with Gasteiger partial charge >= 0.3 is 0 Å². The van der Waals surface area contributed by atoms with Crippen molar-refractivity contribution in [2.75, 3.05) is 0 Å². The number of fused-ring (bicyclic) bond motifs is 1. The smallest absolute Gasteiger partial charge is 0.133 e. The Bertz CT molecular complexity index is 468. The van der Waals surface area contributed by atoms with E-state index in [1.54, 1.807) is 18.3 Å². The summed E-state index contributed by atoms with van der Waals surface area (Å²) < 4.78 is 14.1. The number of halogens is 2. The lowest BCUT2D eigenvalue weighted by molar-refractivity contribution is 0.638. The van der Waals surface area contributed by atoms with Crippen molar-refractivity contribution < 1.29 is 4.39 Å². The fourth-order valence-corrected chi connectivity index (χ4v) is 1.70. The first-order valence-corrected chi connectivity index (χ1v) is 4.69. The highest BCUT2D eigenvalue weighted by atomic mass is 79.9. The van der Waals surface area contributed by atoms with Gasteiger partial charge in [0.1, 0.15) is 5.82 Å². The second kappa shape index (κ2) is 3.07. The molecule has 0 aliphatic heterocycles. The van der Waals surface area contributed by atoms with Gasteiger partial charge in [-0.1, -0.05) is 15.9 Å². The summed E-state index contributed by atoms with van der Waals surface area (Å²) in [6.07, 6.45) is 1.67. The molecule has 0 unspecified atom stereocenters. The highest BCUT2D eigenvalue weighted by molar-refractivity contribution is 9.10. The molecule has 2 aromatic rings. The van der Waals surface area contributed by atoms with E-state index in [2.05, 4.69) is 20.9 Å². The Balaban J connectivity index is 2.97. The number of nitrogens with zero attached hydrogens (tertiary/aromatic N) is 1. The molecule has 0 radical (unpaired) electrons. The molecule has 3 heteroatoms. The third kappa shape index (κ3) is 1.33. The minimum absolute atomic E-state index is 0.236. The highest BCUT2D eigenvalue weighted by Gasteiger charge is 2.06. The zero-order valence-corrected chi connectivity index (χ0v) is 8.60. The van der Waals surface area contributed by atoms with Crippen LogP contribution in [0.3, 0.4) is 0 Å². The summed E-state index contributed by atoms with van der Waals surface area (Å²) in [7, 11) is 0. The van der Waals surface area contributed by atoms with Gasteiger partial charge in [0.2, 0.25) is 0 Å². The van der Waals surface area contributed by atoms with Crippen LogP contribution in [0.25, 0.3) is 10.9 Å². The molecule has 1 nitrogen and oxygen atoms in total. The first-order chi connectivity index (χ1) is 6.20. The van der Waals surface area contributed by atoms with Crippen LogP contribution in [-0.2, 0) is 0 Å². The van der Waals surface area contributed by atoms with Crippen molar-refractivity contribution in [1.82, 2.24) is 4.98 Å². The molecule has 66 valence electrons. The molecule has 2 rings (SSSR count). The SMILES string of the molecule is Cc1c(Br)cc(F)c2cccnc12. The monoisotopic (exact) mass is 239 g/mol. The molecule has 0 atom stereocenters. The van der Waals surface area contributed by atoms with Crippen LogP contribution in [-0.4, -0.2) is 4.98 Å². The molecule has 0 saturated heterocycles. The summed E-state index contributed by atoms with van der Waals surface area (Å²) in [6.45, 7) is 1.92. The van der Waals surface area contributed by atoms with Gasteiger partial charge in [-0.2, -0.15) is 0 Å². The van der Waals surface area contributed by atoms with Crippen LogP contribution in [0, 0.1) is 12.7 Å². The van der Waals surface area contributed by atoms with Crippen molar-refractivity contribution >= 4 is 26.8 Å². The normalized spacial score (nSPS) is 10.7. The molecule has 0 spiro atoms. The zero-order chi connectivity index (χ0) is 9.42. The Hall–Kier alpha value is -0.960. The number of benzene rings is 1. The summed E-state index contributed by atoms with van der Waals surface area (Å²) in [5.41, 5.74) is 1.69. The van der Waals surface area contributed by atoms with Crippen molar-refractivity contribution in [3.05, 3.63) is 40.2 Å². The third-order valence-electron chi connectivity index (χ3n) is 2.03. The molecule has 0 bridgehead atoms. The van der Waals surface area contributed by atoms with E-state index < -0.39 is 0 Å². The van der Waals surface area contributed by atoms with Crippen LogP contribution >= 0.6 is 15.9 Å². The number of hydrogen-bond acceptors (Lipinski definition) is 1. The molecule has 0 amide bonds. The van der Waals surface area contributed by atoms with Gasteiger partial charge in [0, 0.05) is 16.1 Å². The van der Waals surface area contributed by atoms with E-state index >= 15 is 0 Å². The van der Waals surface area contributed by atoms with E-state index in [9.17, 15) is 4.39 Å². The van der Waals surface area contributed by atoms with Gasteiger partial charge in [-0.25, -0.2) is 4.39 Å². The summed E-state index contributed by atoms with van der Waals surface area (Å²) in [5, 5.41) is 0.572. The van der Waals surface area contributed by atoms with E-state index in [-0.39, 0.29) is 5.82 Å².